The molecule has 1 N–H and O–H groups in total. The second-order valence-electron chi connectivity index (χ2n) is 5.04. The number of aliphatic imine (C=N–C) groups is 1. The predicted octanol–water partition coefficient (Wildman–Crippen LogP) is 1.56. The van der Waals surface area contributed by atoms with Crippen LogP contribution in [-0.4, -0.2) is 43.8 Å². The van der Waals surface area contributed by atoms with Crippen LogP contribution >= 0.6 is 0 Å². The molecule has 124 valence electrons. The molecule has 0 saturated carbocycles. The minimum atomic E-state index is -1.00. The molecule has 0 spiro atoms. The van der Waals surface area contributed by atoms with E-state index in [4.69, 9.17) is 4.74 Å². The highest BCUT2D eigenvalue weighted by atomic mass is 19.2. The normalized spacial score (nSPS) is 13.2. The van der Waals surface area contributed by atoms with Gasteiger partial charge in [-0.3, -0.25) is 14.6 Å². The van der Waals surface area contributed by atoms with Gasteiger partial charge in [0.1, 0.15) is 6.54 Å². The number of amides is 1. The van der Waals surface area contributed by atoms with Crippen molar-refractivity contribution < 1.29 is 23.1 Å². The summed E-state index contributed by atoms with van der Waals surface area (Å²) in [7, 11) is 0. The van der Waals surface area contributed by atoms with Gasteiger partial charge in [0.25, 0.3) is 0 Å². The number of nitrogens with one attached hydrogen (secondary N) is 1. The SMILES string of the molecule is CCOC(=O)CNC(=O)CN1CC(C)=Nc2cc(F)c(F)cc21. The van der Waals surface area contributed by atoms with Crippen LogP contribution in [0.1, 0.15) is 13.8 Å². The van der Waals surface area contributed by atoms with E-state index in [1.165, 1.54) is 0 Å². The van der Waals surface area contributed by atoms with Crippen LogP contribution in [0.5, 0.6) is 0 Å². The quantitative estimate of drug-likeness (QED) is 0.834. The van der Waals surface area contributed by atoms with Crippen molar-refractivity contribution >= 4 is 29.0 Å². The summed E-state index contributed by atoms with van der Waals surface area (Å²) in [6, 6.07) is 2.01. The molecular formula is C15H17F2N3O3. The molecule has 1 heterocycles. The van der Waals surface area contributed by atoms with Crippen LogP contribution in [-0.2, 0) is 14.3 Å². The van der Waals surface area contributed by atoms with Crippen molar-refractivity contribution in [3.05, 3.63) is 23.8 Å². The van der Waals surface area contributed by atoms with Gasteiger partial charge in [0.2, 0.25) is 5.91 Å². The summed E-state index contributed by atoms with van der Waals surface area (Å²) in [5.41, 5.74) is 1.27. The molecule has 0 saturated heterocycles. The summed E-state index contributed by atoms with van der Waals surface area (Å²) in [6.07, 6.45) is 0. The van der Waals surface area contributed by atoms with E-state index in [1.807, 2.05) is 0 Å². The maximum atomic E-state index is 13.4. The molecule has 6 nitrogen and oxygen atoms in total. The maximum absolute atomic E-state index is 13.4. The van der Waals surface area contributed by atoms with Gasteiger partial charge in [0.05, 0.1) is 31.1 Å². The van der Waals surface area contributed by atoms with E-state index in [9.17, 15) is 18.4 Å². The number of carbonyl (C=O) groups excluding carboxylic acids is 2. The lowest BCUT2D eigenvalue weighted by molar-refractivity contribution is -0.143. The van der Waals surface area contributed by atoms with Gasteiger partial charge in [-0.25, -0.2) is 8.78 Å². The molecule has 1 aliphatic heterocycles. The second kappa shape index (κ2) is 7.17. The van der Waals surface area contributed by atoms with Crippen LogP contribution < -0.4 is 10.2 Å². The van der Waals surface area contributed by atoms with E-state index in [1.54, 1.807) is 18.7 Å². The Morgan fingerprint density at radius 1 is 1.35 bits per heavy atom. The smallest absolute Gasteiger partial charge is 0.325 e. The monoisotopic (exact) mass is 325 g/mol. The molecule has 0 bridgehead atoms. The van der Waals surface area contributed by atoms with Crippen molar-refractivity contribution in [2.45, 2.75) is 13.8 Å². The van der Waals surface area contributed by atoms with E-state index in [0.717, 1.165) is 12.1 Å². The number of halogens is 2. The van der Waals surface area contributed by atoms with Gasteiger partial charge in [-0.05, 0) is 13.8 Å². The van der Waals surface area contributed by atoms with Gasteiger partial charge >= 0.3 is 5.97 Å². The fourth-order valence-electron chi connectivity index (χ4n) is 2.22. The van der Waals surface area contributed by atoms with Gasteiger partial charge in [0, 0.05) is 17.8 Å². The van der Waals surface area contributed by atoms with Crippen molar-refractivity contribution in [2.75, 3.05) is 31.1 Å². The third kappa shape index (κ3) is 4.24. The van der Waals surface area contributed by atoms with E-state index in [0.29, 0.717) is 17.9 Å². The summed E-state index contributed by atoms with van der Waals surface area (Å²) >= 11 is 0. The zero-order valence-corrected chi connectivity index (χ0v) is 12.9. The lowest BCUT2D eigenvalue weighted by atomic mass is 10.1. The Kier molecular flexibility index (Phi) is 5.25. The number of carbonyl (C=O) groups is 2. The lowest BCUT2D eigenvalue weighted by Crippen LogP contribution is -2.42. The highest BCUT2D eigenvalue weighted by molar-refractivity contribution is 5.96. The van der Waals surface area contributed by atoms with Crippen molar-refractivity contribution in [1.29, 1.82) is 0 Å². The van der Waals surface area contributed by atoms with Crippen molar-refractivity contribution in [1.82, 2.24) is 5.32 Å². The predicted molar refractivity (Wildman–Crippen MR) is 81.0 cm³/mol. The fourth-order valence-corrected chi connectivity index (χ4v) is 2.22. The summed E-state index contributed by atoms with van der Waals surface area (Å²) < 4.78 is 31.5. The molecule has 23 heavy (non-hydrogen) atoms. The Morgan fingerprint density at radius 3 is 2.74 bits per heavy atom. The standard InChI is InChI=1S/C15H17F2N3O3/c1-3-23-15(22)6-18-14(21)8-20-7-9(2)19-12-4-10(16)11(17)5-13(12)20/h4-5H,3,6-8H2,1-2H3,(H,18,21). The Morgan fingerprint density at radius 2 is 2.04 bits per heavy atom. The van der Waals surface area contributed by atoms with Crippen LogP contribution in [0.25, 0.3) is 0 Å². The Labute approximate surface area is 132 Å². The highest BCUT2D eigenvalue weighted by Crippen LogP contribution is 2.33. The first-order chi connectivity index (χ1) is 10.9. The van der Waals surface area contributed by atoms with E-state index in [2.05, 4.69) is 10.3 Å². The first kappa shape index (κ1) is 16.9. The van der Waals surface area contributed by atoms with Crippen LogP contribution in [0.15, 0.2) is 17.1 Å². The fraction of sp³-hybridized carbons (Fsp3) is 0.400. The molecular weight excluding hydrogens is 308 g/mol. The van der Waals surface area contributed by atoms with Gasteiger partial charge in [-0.2, -0.15) is 0 Å². The minimum absolute atomic E-state index is 0.107. The average molecular weight is 325 g/mol. The van der Waals surface area contributed by atoms with Gasteiger partial charge in [-0.1, -0.05) is 0 Å². The molecule has 0 fully saturated rings. The number of anilines is 1. The molecule has 1 aromatic carbocycles. The van der Waals surface area contributed by atoms with Gasteiger partial charge in [0.15, 0.2) is 11.6 Å². The molecule has 0 aromatic heterocycles. The molecule has 0 radical (unpaired) electrons. The van der Waals surface area contributed by atoms with Crippen molar-refractivity contribution in [3.8, 4) is 0 Å². The van der Waals surface area contributed by atoms with E-state index >= 15 is 0 Å². The summed E-state index contributed by atoms with van der Waals surface area (Å²) in [6.45, 7) is 3.59. The zero-order chi connectivity index (χ0) is 17.0. The van der Waals surface area contributed by atoms with E-state index in [-0.39, 0.29) is 25.4 Å². The topological polar surface area (TPSA) is 71.0 Å². The van der Waals surface area contributed by atoms with Gasteiger partial charge in [-0.15, -0.1) is 0 Å². The van der Waals surface area contributed by atoms with Crippen molar-refractivity contribution in [2.24, 2.45) is 4.99 Å². The molecule has 1 amide bonds. The molecule has 1 aliphatic rings. The third-order valence-corrected chi connectivity index (χ3v) is 3.16. The number of rotatable bonds is 5. The Balaban J connectivity index is 2.07. The Bertz CT molecular complexity index is 662. The number of benzene rings is 1. The highest BCUT2D eigenvalue weighted by Gasteiger charge is 2.22. The summed E-state index contributed by atoms with van der Waals surface area (Å²) in [4.78, 5) is 28.9. The molecule has 0 unspecified atom stereocenters. The van der Waals surface area contributed by atoms with E-state index < -0.39 is 23.5 Å². The number of ether oxygens (including phenoxy) is 1. The third-order valence-electron chi connectivity index (χ3n) is 3.16. The first-order valence-corrected chi connectivity index (χ1v) is 7.11. The number of esters is 1. The van der Waals surface area contributed by atoms with Crippen LogP contribution in [0, 0.1) is 11.6 Å². The maximum Gasteiger partial charge on any atom is 0.325 e. The largest absolute Gasteiger partial charge is 0.465 e. The number of hydrogen-bond acceptors (Lipinski definition) is 5. The van der Waals surface area contributed by atoms with Gasteiger partial charge < -0.3 is 15.0 Å². The van der Waals surface area contributed by atoms with Crippen LogP contribution in [0.2, 0.25) is 0 Å². The molecule has 1 aromatic rings. The second-order valence-corrected chi connectivity index (χ2v) is 5.04. The number of nitrogens with zero attached hydrogens (tertiary/aromatic N) is 2. The minimum Gasteiger partial charge on any atom is -0.465 e. The lowest BCUT2D eigenvalue weighted by Gasteiger charge is -2.29. The van der Waals surface area contributed by atoms with Crippen molar-refractivity contribution in [3.63, 3.8) is 0 Å². The summed E-state index contributed by atoms with van der Waals surface area (Å²) in [5.74, 6) is -2.96. The molecule has 2 rings (SSSR count). The Hall–Kier alpha value is -2.51. The zero-order valence-electron chi connectivity index (χ0n) is 12.9. The number of fused-ring (bicyclic) bond motifs is 1. The summed E-state index contributed by atoms with van der Waals surface area (Å²) in [5, 5.41) is 2.42. The number of hydrogen-bond donors (Lipinski definition) is 1. The first-order valence-electron chi connectivity index (χ1n) is 7.11. The molecule has 8 heteroatoms. The average Bonchev–Trinajstić information content (AvgIpc) is 2.47. The van der Waals surface area contributed by atoms with Crippen LogP contribution in [0.4, 0.5) is 20.2 Å². The molecule has 0 aliphatic carbocycles. The van der Waals surface area contributed by atoms with Crippen LogP contribution in [0.3, 0.4) is 0 Å². The molecule has 0 atom stereocenters.